The predicted octanol–water partition coefficient (Wildman–Crippen LogP) is 0.221. The van der Waals surface area contributed by atoms with E-state index in [1.165, 1.54) is 7.11 Å². The predicted molar refractivity (Wildman–Crippen MR) is 29.2 cm³/mol. The van der Waals surface area contributed by atoms with E-state index in [-0.39, 0.29) is 0 Å². The van der Waals surface area contributed by atoms with Crippen molar-refractivity contribution in [2.75, 3.05) is 7.11 Å². The lowest BCUT2D eigenvalue weighted by molar-refractivity contribution is -0.128. The molecule has 1 N–H and O–H groups in total. The van der Waals surface area contributed by atoms with Crippen molar-refractivity contribution in [2.45, 2.75) is 19.4 Å². The van der Waals surface area contributed by atoms with Crippen LogP contribution in [-0.2, 0) is 9.53 Å². The highest BCUT2D eigenvalue weighted by Crippen LogP contribution is 1.93. The SMILES string of the molecule is CCC(OC)C([NH])=O. The Kier molecular flexibility index (Phi) is 3.19. The molecule has 0 saturated carbocycles. The molecule has 0 aromatic rings. The molecule has 0 fully saturated rings. The van der Waals surface area contributed by atoms with Gasteiger partial charge in [-0.05, 0) is 6.42 Å². The molecule has 0 aliphatic rings. The number of ether oxygens (including phenoxy) is 1. The maximum atomic E-state index is 10.1. The summed E-state index contributed by atoms with van der Waals surface area (Å²) in [5.74, 6) is -0.644. The van der Waals surface area contributed by atoms with Crippen molar-refractivity contribution in [1.29, 1.82) is 0 Å². The highest BCUT2D eigenvalue weighted by atomic mass is 16.5. The van der Waals surface area contributed by atoms with E-state index in [1.54, 1.807) is 6.92 Å². The first-order chi connectivity index (χ1) is 3.72. The largest absolute Gasteiger partial charge is 0.372 e. The summed E-state index contributed by atoms with van der Waals surface area (Å²) in [6, 6.07) is 0. The van der Waals surface area contributed by atoms with Crippen LogP contribution < -0.4 is 5.73 Å². The van der Waals surface area contributed by atoms with Gasteiger partial charge in [-0.2, -0.15) is 0 Å². The summed E-state index contributed by atoms with van der Waals surface area (Å²) in [5.41, 5.74) is 6.57. The van der Waals surface area contributed by atoms with Gasteiger partial charge in [0.15, 0.2) is 0 Å². The van der Waals surface area contributed by atoms with Crippen molar-refractivity contribution in [3.05, 3.63) is 0 Å². The average molecular weight is 116 g/mol. The van der Waals surface area contributed by atoms with E-state index in [2.05, 4.69) is 4.74 Å². The van der Waals surface area contributed by atoms with Crippen LogP contribution in [0.15, 0.2) is 0 Å². The van der Waals surface area contributed by atoms with Crippen LogP contribution in [0.3, 0.4) is 0 Å². The molecule has 3 heteroatoms. The summed E-state index contributed by atoms with van der Waals surface area (Å²) in [6.07, 6.45) is 0.0637. The van der Waals surface area contributed by atoms with Crippen molar-refractivity contribution in [2.24, 2.45) is 0 Å². The number of hydrogen-bond donors (Lipinski definition) is 0. The smallest absolute Gasteiger partial charge is 0.267 e. The molecule has 0 aliphatic heterocycles. The van der Waals surface area contributed by atoms with Crippen LogP contribution in [0.4, 0.5) is 0 Å². The molecule has 0 aromatic heterocycles. The lowest BCUT2D eigenvalue weighted by Gasteiger charge is -2.04. The minimum absolute atomic E-state index is 0.519. The second-order valence-corrected chi connectivity index (χ2v) is 1.50. The molecular formula is C5H10NO2. The lowest BCUT2D eigenvalue weighted by Crippen LogP contribution is -2.22. The molecule has 0 spiro atoms. The minimum atomic E-state index is -0.644. The average Bonchev–Trinajstić information content (AvgIpc) is 1.69. The molecular weight excluding hydrogens is 106 g/mol. The van der Waals surface area contributed by atoms with Crippen LogP contribution >= 0.6 is 0 Å². The molecule has 0 rings (SSSR count). The second kappa shape index (κ2) is 3.43. The van der Waals surface area contributed by atoms with Gasteiger partial charge in [0.05, 0.1) is 0 Å². The number of amides is 1. The van der Waals surface area contributed by atoms with Crippen LogP contribution in [0, 0.1) is 0 Å². The third kappa shape index (κ3) is 1.93. The monoisotopic (exact) mass is 116 g/mol. The molecule has 0 aliphatic carbocycles. The Morgan fingerprint density at radius 1 is 1.88 bits per heavy atom. The van der Waals surface area contributed by atoms with Gasteiger partial charge >= 0.3 is 0 Å². The Morgan fingerprint density at radius 2 is 2.38 bits per heavy atom. The van der Waals surface area contributed by atoms with Gasteiger partial charge in [-0.3, -0.25) is 10.5 Å². The van der Waals surface area contributed by atoms with E-state index in [4.69, 9.17) is 5.73 Å². The molecule has 3 nitrogen and oxygen atoms in total. The van der Waals surface area contributed by atoms with Gasteiger partial charge in [0.2, 0.25) is 0 Å². The van der Waals surface area contributed by atoms with Crippen LogP contribution in [-0.4, -0.2) is 19.1 Å². The second-order valence-electron chi connectivity index (χ2n) is 1.50. The van der Waals surface area contributed by atoms with Crippen molar-refractivity contribution < 1.29 is 9.53 Å². The first kappa shape index (κ1) is 7.43. The van der Waals surface area contributed by atoms with Gasteiger partial charge < -0.3 is 4.74 Å². The summed E-state index contributed by atoms with van der Waals surface area (Å²) >= 11 is 0. The van der Waals surface area contributed by atoms with Gasteiger partial charge in [-0.1, -0.05) is 6.92 Å². The number of methoxy groups -OCH3 is 1. The van der Waals surface area contributed by atoms with E-state index in [0.29, 0.717) is 6.42 Å². The van der Waals surface area contributed by atoms with Gasteiger partial charge in [0, 0.05) is 7.11 Å². The van der Waals surface area contributed by atoms with Crippen LogP contribution in [0.2, 0.25) is 0 Å². The zero-order chi connectivity index (χ0) is 6.57. The van der Waals surface area contributed by atoms with E-state index in [1.807, 2.05) is 0 Å². The highest BCUT2D eigenvalue weighted by molar-refractivity contribution is 5.77. The standard InChI is InChI=1S/C5H10NO2/c1-3-4(8-2)5(6)7/h4,6H,3H2,1-2H3. The van der Waals surface area contributed by atoms with Crippen molar-refractivity contribution in [3.63, 3.8) is 0 Å². The van der Waals surface area contributed by atoms with Gasteiger partial charge in [-0.15, -0.1) is 0 Å². The lowest BCUT2D eigenvalue weighted by atomic mass is 10.3. The van der Waals surface area contributed by atoms with Gasteiger partial charge in [-0.25, -0.2) is 0 Å². The highest BCUT2D eigenvalue weighted by Gasteiger charge is 2.09. The van der Waals surface area contributed by atoms with Crippen molar-refractivity contribution in [1.82, 2.24) is 5.73 Å². The summed E-state index contributed by atoms with van der Waals surface area (Å²) in [6.45, 7) is 1.81. The Bertz CT molecular complexity index is 78.5. The zero-order valence-corrected chi connectivity index (χ0v) is 5.10. The summed E-state index contributed by atoms with van der Waals surface area (Å²) < 4.78 is 4.62. The molecule has 8 heavy (non-hydrogen) atoms. The third-order valence-electron chi connectivity index (χ3n) is 0.948. The number of carbonyl (C=O) groups excluding carboxylic acids is 1. The maximum Gasteiger partial charge on any atom is 0.267 e. The van der Waals surface area contributed by atoms with Crippen LogP contribution in [0.1, 0.15) is 13.3 Å². The molecule has 0 saturated heterocycles. The molecule has 1 radical (unpaired) electrons. The fraction of sp³-hybridized carbons (Fsp3) is 0.800. The maximum absolute atomic E-state index is 10.1. The number of nitrogens with one attached hydrogen (secondary N) is 1. The van der Waals surface area contributed by atoms with Gasteiger partial charge in [0.1, 0.15) is 6.10 Å². The van der Waals surface area contributed by atoms with E-state index in [9.17, 15) is 4.79 Å². The Balaban J connectivity index is 3.52. The van der Waals surface area contributed by atoms with Crippen molar-refractivity contribution in [3.8, 4) is 0 Å². The van der Waals surface area contributed by atoms with Crippen LogP contribution in [0.25, 0.3) is 0 Å². The molecule has 1 amide bonds. The van der Waals surface area contributed by atoms with Crippen LogP contribution in [0.5, 0.6) is 0 Å². The third-order valence-corrected chi connectivity index (χ3v) is 0.948. The summed E-state index contributed by atoms with van der Waals surface area (Å²) in [7, 11) is 1.43. The fourth-order valence-corrected chi connectivity index (χ4v) is 0.459. The first-order valence-corrected chi connectivity index (χ1v) is 2.50. The van der Waals surface area contributed by atoms with E-state index >= 15 is 0 Å². The molecule has 0 bridgehead atoms. The van der Waals surface area contributed by atoms with Crippen molar-refractivity contribution >= 4 is 5.91 Å². The van der Waals surface area contributed by atoms with E-state index in [0.717, 1.165) is 0 Å². The molecule has 1 atom stereocenters. The molecule has 47 valence electrons. The van der Waals surface area contributed by atoms with Gasteiger partial charge in [0.25, 0.3) is 5.91 Å². The number of hydrogen-bond acceptors (Lipinski definition) is 2. The Labute approximate surface area is 48.8 Å². The minimum Gasteiger partial charge on any atom is -0.372 e. The normalized spacial score (nSPS) is 13.2. The molecule has 0 heterocycles. The Morgan fingerprint density at radius 3 is 2.38 bits per heavy atom. The summed E-state index contributed by atoms with van der Waals surface area (Å²) in [5, 5.41) is 0. The quantitative estimate of drug-likeness (QED) is 0.529. The number of rotatable bonds is 3. The molecule has 1 unspecified atom stereocenters. The molecule has 0 aromatic carbocycles. The summed E-state index contributed by atoms with van der Waals surface area (Å²) in [4.78, 5) is 10.1. The fourth-order valence-electron chi connectivity index (χ4n) is 0.459. The zero-order valence-electron chi connectivity index (χ0n) is 5.10. The first-order valence-electron chi connectivity index (χ1n) is 2.50. The van der Waals surface area contributed by atoms with E-state index < -0.39 is 12.0 Å². The topological polar surface area (TPSA) is 50.1 Å². The Hall–Kier alpha value is -0.570. The number of carbonyl (C=O) groups is 1.